The van der Waals surface area contributed by atoms with Gasteiger partial charge in [-0.05, 0) is 23.6 Å². The van der Waals surface area contributed by atoms with Crippen molar-refractivity contribution in [1.82, 2.24) is 5.32 Å². The second-order valence-corrected chi connectivity index (χ2v) is 5.03. The first kappa shape index (κ1) is 13.2. The van der Waals surface area contributed by atoms with Crippen LogP contribution in [0.4, 0.5) is 0 Å². The monoisotopic (exact) mass is 284 g/mol. The van der Waals surface area contributed by atoms with E-state index in [-0.39, 0.29) is 11.8 Å². The molecule has 0 aliphatic carbocycles. The molecule has 0 heterocycles. The Kier molecular flexibility index (Phi) is 4.96. The third-order valence-corrected chi connectivity index (χ3v) is 2.93. The number of carbonyl (C=O) groups excluding carboxylic acids is 1. The minimum atomic E-state index is -0.435. The summed E-state index contributed by atoms with van der Waals surface area (Å²) in [6.45, 7) is 4.39. The Morgan fingerprint density at radius 3 is 2.44 bits per heavy atom. The number of halogens is 1. The fourth-order valence-corrected chi connectivity index (χ4v) is 1.48. The van der Waals surface area contributed by atoms with Crippen molar-refractivity contribution in [3.8, 4) is 0 Å². The maximum Gasteiger partial charge on any atom is 0.237 e. The summed E-state index contributed by atoms with van der Waals surface area (Å²) in [5.41, 5.74) is 6.79. The van der Waals surface area contributed by atoms with Crippen molar-refractivity contribution in [1.29, 1.82) is 0 Å². The molecule has 4 heteroatoms. The van der Waals surface area contributed by atoms with Crippen LogP contribution in [0.25, 0.3) is 0 Å². The first-order valence-corrected chi connectivity index (χ1v) is 6.07. The zero-order chi connectivity index (χ0) is 12.1. The van der Waals surface area contributed by atoms with Crippen LogP contribution in [0.5, 0.6) is 0 Å². The maximum atomic E-state index is 11.6. The van der Waals surface area contributed by atoms with Crippen LogP contribution in [-0.4, -0.2) is 11.9 Å². The Hall–Kier alpha value is -0.870. The average Bonchev–Trinajstić information content (AvgIpc) is 2.26. The highest BCUT2D eigenvalue weighted by molar-refractivity contribution is 9.10. The Morgan fingerprint density at radius 2 is 1.94 bits per heavy atom. The molecule has 0 spiro atoms. The van der Waals surface area contributed by atoms with Crippen molar-refractivity contribution in [3.63, 3.8) is 0 Å². The first-order valence-electron chi connectivity index (χ1n) is 5.28. The summed E-state index contributed by atoms with van der Waals surface area (Å²) in [6.07, 6.45) is 0. The lowest BCUT2D eigenvalue weighted by Crippen LogP contribution is -2.43. The standard InChI is InChI=1S/C12H17BrN2O/c1-8(2)11(14)12(16)15-7-9-3-5-10(13)6-4-9/h3-6,8,11H,7,14H2,1-2H3,(H,15,16)/t11-/m0/s1. The molecule has 0 fully saturated rings. The molecule has 0 aliphatic heterocycles. The molecule has 0 saturated carbocycles. The Bertz CT molecular complexity index is 349. The zero-order valence-electron chi connectivity index (χ0n) is 9.53. The molecule has 0 saturated heterocycles. The van der Waals surface area contributed by atoms with Gasteiger partial charge in [0.1, 0.15) is 0 Å². The van der Waals surface area contributed by atoms with Crippen LogP contribution in [-0.2, 0) is 11.3 Å². The number of benzene rings is 1. The molecule has 1 amide bonds. The van der Waals surface area contributed by atoms with Gasteiger partial charge in [-0.15, -0.1) is 0 Å². The van der Waals surface area contributed by atoms with Crippen molar-refractivity contribution in [2.75, 3.05) is 0 Å². The molecular formula is C12H17BrN2O. The molecular weight excluding hydrogens is 268 g/mol. The molecule has 1 aromatic rings. The van der Waals surface area contributed by atoms with Crippen molar-refractivity contribution >= 4 is 21.8 Å². The number of amides is 1. The number of carbonyl (C=O) groups is 1. The van der Waals surface area contributed by atoms with E-state index in [2.05, 4.69) is 21.2 Å². The molecule has 0 bridgehead atoms. The number of hydrogen-bond donors (Lipinski definition) is 2. The minimum absolute atomic E-state index is 0.0991. The highest BCUT2D eigenvalue weighted by atomic mass is 79.9. The van der Waals surface area contributed by atoms with Crippen LogP contribution < -0.4 is 11.1 Å². The highest BCUT2D eigenvalue weighted by Gasteiger charge is 2.16. The third-order valence-electron chi connectivity index (χ3n) is 2.40. The van der Waals surface area contributed by atoms with Crippen LogP contribution in [0.2, 0.25) is 0 Å². The maximum absolute atomic E-state index is 11.6. The lowest BCUT2D eigenvalue weighted by molar-refractivity contribution is -0.123. The van der Waals surface area contributed by atoms with E-state index in [9.17, 15) is 4.79 Å². The van der Waals surface area contributed by atoms with Crippen molar-refractivity contribution < 1.29 is 4.79 Å². The summed E-state index contributed by atoms with van der Waals surface area (Å²) in [5.74, 6) is 0.0582. The molecule has 1 rings (SSSR count). The summed E-state index contributed by atoms with van der Waals surface area (Å²) >= 11 is 3.36. The van der Waals surface area contributed by atoms with Crippen molar-refractivity contribution in [3.05, 3.63) is 34.3 Å². The van der Waals surface area contributed by atoms with Crippen LogP contribution in [0.1, 0.15) is 19.4 Å². The van der Waals surface area contributed by atoms with Crippen LogP contribution >= 0.6 is 15.9 Å². The largest absolute Gasteiger partial charge is 0.351 e. The van der Waals surface area contributed by atoms with Crippen LogP contribution in [0.15, 0.2) is 28.7 Å². The second-order valence-electron chi connectivity index (χ2n) is 4.11. The molecule has 3 nitrogen and oxygen atoms in total. The van der Waals surface area contributed by atoms with E-state index in [1.807, 2.05) is 38.1 Å². The van der Waals surface area contributed by atoms with E-state index in [0.29, 0.717) is 6.54 Å². The number of nitrogens with two attached hydrogens (primary N) is 1. The summed E-state index contributed by atoms with van der Waals surface area (Å²) < 4.78 is 1.03. The number of rotatable bonds is 4. The van der Waals surface area contributed by atoms with E-state index < -0.39 is 6.04 Å². The minimum Gasteiger partial charge on any atom is -0.351 e. The van der Waals surface area contributed by atoms with Gasteiger partial charge in [0.2, 0.25) is 5.91 Å². The highest BCUT2D eigenvalue weighted by Crippen LogP contribution is 2.10. The Balaban J connectivity index is 2.46. The zero-order valence-corrected chi connectivity index (χ0v) is 11.1. The van der Waals surface area contributed by atoms with E-state index in [1.165, 1.54) is 0 Å². The molecule has 0 radical (unpaired) electrons. The smallest absolute Gasteiger partial charge is 0.237 e. The average molecular weight is 285 g/mol. The molecule has 0 aromatic heterocycles. The van der Waals surface area contributed by atoms with Gasteiger partial charge < -0.3 is 11.1 Å². The first-order chi connectivity index (χ1) is 7.50. The van der Waals surface area contributed by atoms with E-state index in [0.717, 1.165) is 10.0 Å². The van der Waals surface area contributed by atoms with Gasteiger partial charge in [-0.3, -0.25) is 4.79 Å². The van der Waals surface area contributed by atoms with Gasteiger partial charge >= 0.3 is 0 Å². The fraction of sp³-hybridized carbons (Fsp3) is 0.417. The van der Waals surface area contributed by atoms with Crippen molar-refractivity contribution in [2.45, 2.75) is 26.4 Å². The van der Waals surface area contributed by atoms with Gasteiger partial charge in [0.25, 0.3) is 0 Å². The summed E-state index contributed by atoms with van der Waals surface area (Å²) in [7, 11) is 0. The molecule has 1 atom stereocenters. The van der Waals surface area contributed by atoms with Gasteiger partial charge in [-0.1, -0.05) is 41.9 Å². The Labute approximate surface area is 105 Å². The summed E-state index contributed by atoms with van der Waals surface area (Å²) in [6, 6.07) is 7.39. The summed E-state index contributed by atoms with van der Waals surface area (Å²) in [5, 5.41) is 2.82. The molecule has 0 aliphatic rings. The predicted octanol–water partition coefficient (Wildman–Crippen LogP) is 2.05. The Morgan fingerprint density at radius 1 is 1.38 bits per heavy atom. The van der Waals surface area contributed by atoms with Crippen LogP contribution in [0, 0.1) is 5.92 Å². The molecule has 88 valence electrons. The lowest BCUT2D eigenvalue weighted by Gasteiger charge is -2.15. The topological polar surface area (TPSA) is 55.1 Å². The van der Waals surface area contributed by atoms with Crippen LogP contribution in [0.3, 0.4) is 0 Å². The molecule has 16 heavy (non-hydrogen) atoms. The van der Waals surface area contributed by atoms with E-state index in [1.54, 1.807) is 0 Å². The van der Waals surface area contributed by atoms with E-state index in [4.69, 9.17) is 5.73 Å². The van der Waals surface area contributed by atoms with Gasteiger partial charge in [0.05, 0.1) is 6.04 Å². The van der Waals surface area contributed by atoms with E-state index >= 15 is 0 Å². The van der Waals surface area contributed by atoms with Gasteiger partial charge in [-0.2, -0.15) is 0 Å². The summed E-state index contributed by atoms with van der Waals surface area (Å²) in [4.78, 5) is 11.6. The van der Waals surface area contributed by atoms with Gasteiger partial charge in [0.15, 0.2) is 0 Å². The fourth-order valence-electron chi connectivity index (χ4n) is 1.21. The van der Waals surface area contributed by atoms with Crippen molar-refractivity contribution in [2.24, 2.45) is 11.7 Å². The molecule has 1 aromatic carbocycles. The normalized spacial score (nSPS) is 12.6. The predicted molar refractivity (Wildman–Crippen MR) is 68.8 cm³/mol. The SMILES string of the molecule is CC(C)[C@H](N)C(=O)NCc1ccc(Br)cc1. The molecule has 3 N–H and O–H groups in total. The third kappa shape index (κ3) is 3.94. The number of hydrogen-bond acceptors (Lipinski definition) is 2. The second kappa shape index (κ2) is 6.01. The quantitative estimate of drug-likeness (QED) is 0.889. The van der Waals surface area contributed by atoms with Gasteiger partial charge in [0, 0.05) is 11.0 Å². The number of nitrogens with one attached hydrogen (secondary N) is 1. The lowest BCUT2D eigenvalue weighted by atomic mass is 10.0. The molecule has 0 unspecified atom stereocenters. The van der Waals surface area contributed by atoms with Gasteiger partial charge in [-0.25, -0.2) is 0 Å².